The van der Waals surface area contributed by atoms with E-state index in [9.17, 15) is 4.79 Å². The smallest absolute Gasteiger partial charge is 0.271 e. The third-order valence-electron chi connectivity index (χ3n) is 5.78. The van der Waals surface area contributed by atoms with E-state index in [1.165, 1.54) is 31.2 Å². The van der Waals surface area contributed by atoms with Gasteiger partial charge in [0.15, 0.2) is 0 Å². The summed E-state index contributed by atoms with van der Waals surface area (Å²) in [4.78, 5) is 21.2. The van der Waals surface area contributed by atoms with Crippen LogP contribution in [0.3, 0.4) is 0 Å². The molecule has 2 aromatic carbocycles. The molecule has 1 aromatic heterocycles. The van der Waals surface area contributed by atoms with Gasteiger partial charge < -0.3 is 5.32 Å². The molecule has 1 atom stereocenters. The maximum Gasteiger partial charge on any atom is 0.271 e. The first-order valence-corrected chi connectivity index (χ1v) is 12.1. The number of hydrogen-bond acceptors (Lipinski definition) is 4. The summed E-state index contributed by atoms with van der Waals surface area (Å²) >= 11 is 7.69. The molecule has 4 rings (SSSR count). The Labute approximate surface area is 193 Å². The van der Waals surface area contributed by atoms with E-state index in [-0.39, 0.29) is 11.9 Å². The van der Waals surface area contributed by atoms with Gasteiger partial charge in [0.1, 0.15) is 5.69 Å². The Balaban J connectivity index is 1.54. The summed E-state index contributed by atoms with van der Waals surface area (Å²) in [6, 6.07) is 18.1. The van der Waals surface area contributed by atoms with Crippen LogP contribution in [0.1, 0.15) is 52.8 Å². The first-order valence-electron chi connectivity index (χ1n) is 10.9. The minimum atomic E-state index is -0.114. The molecule has 4 nitrogen and oxygen atoms in total. The van der Waals surface area contributed by atoms with Gasteiger partial charge in [-0.15, -0.1) is 11.3 Å². The summed E-state index contributed by atoms with van der Waals surface area (Å²) in [6.07, 6.45) is 4.94. The van der Waals surface area contributed by atoms with E-state index < -0.39 is 0 Å². The number of amides is 1. The molecule has 0 spiro atoms. The number of aromatic nitrogens is 1. The van der Waals surface area contributed by atoms with Gasteiger partial charge in [-0.25, -0.2) is 4.98 Å². The monoisotopic (exact) mass is 453 g/mol. The van der Waals surface area contributed by atoms with Crippen LogP contribution in [0.25, 0.3) is 10.4 Å². The summed E-state index contributed by atoms with van der Waals surface area (Å²) < 4.78 is 0. The standard InChI is InChI=1S/C25H28ClN3OS/c1-18-28-23(24(31-18)20-9-5-4-6-10-20)25(30)27-17-22(19-11-13-21(26)14-12-19)29-15-7-2-3-8-16-29/h4-6,9-14,22H,2-3,7-8,15-17H2,1H3,(H,27,30). The quantitative estimate of drug-likeness (QED) is 0.489. The predicted octanol–water partition coefficient (Wildman–Crippen LogP) is 6.12. The predicted molar refractivity (Wildman–Crippen MR) is 129 cm³/mol. The Morgan fingerprint density at radius 2 is 1.74 bits per heavy atom. The lowest BCUT2D eigenvalue weighted by Gasteiger charge is -2.31. The molecule has 6 heteroatoms. The number of benzene rings is 2. The second-order valence-corrected chi connectivity index (χ2v) is 9.64. The maximum atomic E-state index is 13.2. The molecule has 0 aliphatic carbocycles. The fourth-order valence-electron chi connectivity index (χ4n) is 4.19. The molecule has 31 heavy (non-hydrogen) atoms. The Kier molecular flexibility index (Phi) is 7.38. The van der Waals surface area contributed by atoms with Gasteiger partial charge >= 0.3 is 0 Å². The molecule has 1 saturated heterocycles. The molecule has 1 fully saturated rings. The van der Waals surface area contributed by atoms with Crippen LogP contribution in [0, 0.1) is 6.92 Å². The van der Waals surface area contributed by atoms with Crippen LogP contribution in [0.15, 0.2) is 54.6 Å². The summed E-state index contributed by atoms with van der Waals surface area (Å²) in [5, 5.41) is 4.81. The van der Waals surface area contributed by atoms with Crippen molar-refractivity contribution in [3.63, 3.8) is 0 Å². The molecule has 1 aliphatic rings. The van der Waals surface area contributed by atoms with Crippen LogP contribution in [-0.2, 0) is 0 Å². The Bertz CT molecular complexity index is 995. The van der Waals surface area contributed by atoms with Crippen LogP contribution in [-0.4, -0.2) is 35.4 Å². The highest BCUT2D eigenvalue weighted by molar-refractivity contribution is 7.15. The van der Waals surface area contributed by atoms with Gasteiger partial charge in [0.25, 0.3) is 5.91 Å². The van der Waals surface area contributed by atoms with E-state index in [1.54, 1.807) is 11.3 Å². The van der Waals surface area contributed by atoms with Crippen molar-refractivity contribution in [1.29, 1.82) is 0 Å². The molecule has 2 heterocycles. The fraction of sp³-hybridized carbons (Fsp3) is 0.360. The molecular weight excluding hydrogens is 426 g/mol. The maximum absolute atomic E-state index is 13.2. The number of rotatable bonds is 6. The lowest BCUT2D eigenvalue weighted by atomic mass is 10.0. The molecule has 1 unspecified atom stereocenters. The largest absolute Gasteiger partial charge is 0.349 e. The second kappa shape index (κ2) is 10.4. The Morgan fingerprint density at radius 1 is 1.06 bits per heavy atom. The number of aryl methyl sites for hydroxylation is 1. The Morgan fingerprint density at radius 3 is 2.42 bits per heavy atom. The van der Waals surface area contributed by atoms with Crippen LogP contribution in [0.5, 0.6) is 0 Å². The van der Waals surface area contributed by atoms with Crippen molar-refractivity contribution in [3.05, 3.63) is 75.9 Å². The summed E-state index contributed by atoms with van der Waals surface area (Å²) in [5.41, 5.74) is 2.73. The third kappa shape index (κ3) is 5.53. The minimum Gasteiger partial charge on any atom is -0.349 e. The van der Waals surface area contributed by atoms with Crippen molar-refractivity contribution in [3.8, 4) is 10.4 Å². The third-order valence-corrected chi connectivity index (χ3v) is 7.05. The van der Waals surface area contributed by atoms with Crippen molar-refractivity contribution < 1.29 is 4.79 Å². The van der Waals surface area contributed by atoms with Gasteiger partial charge in [0.05, 0.1) is 15.9 Å². The molecule has 1 aliphatic heterocycles. The average Bonchev–Trinajstić information content (AvgIpc) is 2.99. The van der Waals surface area contributed by atoms with Crippen molar-refractivity contribution in [2.24, 2.45) is 0 Å². The van der Waals surface area contributed by atoms with Crippen molar-refractivity contribution in [2.45, 2.75) is 38.6 Å². The first-order chi connectivity index (χ1) is 15.1. The molecule has 1 N–H and O–H groups in total. The van der Waals surface area contributed by atoms with E-state index in [0.29, 0.717) is 12.2 Å². The number of thiazole rings is 1. The highest BCUT2D eigenvalue weighted by Crippen LogP contribution is 2.30. The van der Waals surface area contributed by atoms with Crippen LogP contribution in [0.4, 0.5) is 0 Å². The Hall–Kier alpha value is -2.21. The van der Waals surface area contributed by atoms with Crippen LogP contribution in [0.2, 0.25) is 5.02 Å². The highest BCUT2D eigenvalue weighted by atomic mass is 35.5. The van der Waals surface area contributed by atoms with Gasteiger partial charge in [0.2, 0.25) is 0 Å². The average molecular weight is 454 g/mol. The zero-order valence-corrected chi connectivity index (χ0v) is 19.4. The highest BCUT2D eigenvalue weighted by Gasteiger charge is 2.24. The number of nitrogens with zero attached hydrogens (tertiary/aromatic N) is 2. The molecular formula is C25H28ClN3OS. The van der Waals surface area contributed by atoms with Gasteiger partial charge in [-0.3, -0.25) is 9.69 Å². The minimum absolute atomic E-state index is 0.114. The number of carbonyl (C=O) groups is 1. The second-order valence-electron chi connectivity index (χ2n) is 8.00. The lowest BCUT2D eigenvalue weighted by molar-refractivity contribution is 0.0929. The van der Waals surface area contributed by atoms with Crippen LogP contribution < -0.4 is 5.32 Å². The van der Waals surface area contributed by atoms with Crippen molar-refractivity contribution in [1.82, 2.24) is 15.2 Å². The molecule has 0 bridgehead atoms. The van der Waals surface area contributed by atoms with E-state index >= 15 is 0 Å². The zero-order chi connectivity index (χ0) is 21.6. The fourth-order valence-corrected chi connectivity index (χ4v) is 5.24. The van der Waals surface area contributed by atoms with E-state index in [0.717, 1.165) is 33.6 Å². The van der Waals surface area contributed by atoms with Gasteiger partial charge in [-0.1, -0.05) is 66.9 Å². The summed E-state index contributed by atoms with van der Waals surface area (Å²) in [6.45, 7) is 4.59. The van der Waals surface area contributed by atoms with Gasteiger partial charge in [-0.2, -0.15) is 0 Å². The van der Waals surface area contributed by atoms with Gasteiger partial charge in [0, 0.05) is 11.6 Å². The normalized spacial score (nSPS) is 15.9. The molecule has 0 saturated carbocycles. The molecule has 162 valence electrons. The number of carbonyl (C=O) groups excluding carboxylic acids is 1. The molecule has 0 radical (unpaired) electrons. The van der Waals surface area contributed by atoms with Gasteiger partial charge in [-0.05, 0) is 56.1 Å². The van der Waals surface area contributed by atoms with Crippen molar-refractivity contribution in [2.75, 3.05) is 19.6 Å². The summed E-state index contributed by atoms with van der Waals surface area (Å²) in [7, 11) is 0. The number of nitrogens with one attached hydrogen (secondary N) is 1. The molecule has 3 aromatic rings. The number of likely N-dealkylation sites (tertiary alicyclic amines) is 1. The van der Waals surface area contributed by atoms with E-state index in [2.05, 4.69) is 27.3 Å². The lowest BCUT2D eigenvalue weighted by Crippen LogP contribution is -2.38. The number of halogens is 1. The zero-order valence-electron chi connectivity index (χ0n) is 17.8. The topological polar surface area (TPSA) is 45.2 Å². The van der Waals surface area contributed by atoms with Crippen LogP contribution >= 0.6 is 22.9 Å². The SMILES string of the molecule is Cc1nc(C(=O)NCC(c2ccc(Cl)cc2)N2CCCCCC2)c(-c2ccccc2)s1. The van der Waals surface area contributed by atoms with Crippen molar-refractivity contribution >= 4 is 28.8 Å². The first kappa shape index (κ1) is 22.0. The molecule has 1 amide bonds. The number of hydrogen-bond donors (Lipinski definition) is 1. The summed E-state index contributed by atoms with van der Waals surface area (Å²) in [5.74, 6) is -0.114. The van der Waals surface area contributed by atoms with E-state index in [1.807, 2.05) is 49.4 Å². The van der Waals surface area contributed by atoms with E-state index in [4.69, 9.17) is 11.6 Å².